The fourth-order valence-corrected chi connectivity index (χ4v) is 3.19. The van der Waals surface area contributed by atoms with E-state index < -0.39 is 0 Å². The minimum absolute atomic E-state index is 0.654. The lowest BCUT2D eigenvalue weighted by atomic mass is 9.98. The lowest BCUT2D eigenvalue weighted by Gasteiger charge is -2.19. The van der Waals surface area contributed by atoms with Gasteiger partial charge in [-0.15, -0.1) is 0 Å². The van der Waals surface area contributed by atoms with Gasteiger partial charge in [0.05, 0.1) is 0 Å². The van der Waals surface area contributed by atoms with Crippen LogP contribution in [0.2, 0.25) is 0 Å². The molecule has 0 aromatic heterocycles. The van der Waals surface area contributed by atoms with Crippen LogP contribution in [0.1, 0.15) is 29.0 Å². The molecule has 1 aliphatic heterocycles. The zero-order valence-corrected chi connectivity index (χ0v) is 13.0. The number of nitrogens with zero attached hydrogens (tertiary/aromatic N) is 1. The fraction of sp³-hybridized carbons (Fsp3) is 0.368. The Kier molecular flexibility index (Phi) is 4.26. The topological polar surface area (TPSA) is 15.3 Å². The summed E-state index contributed by atoms with van der Waals surface area (Å²) in [4.78, 5) is 2.43. The Bertz CT molecular complexity index is 606. The van der Waals surface area contributed by atoms with Gasteiger partial charge in [0.2, 0.25) is 0 Å². The molecular weight excluding hydrogens is 256 g/mol. The SMILES string of the molecule is Cc1cccc(CN(C)CCC2CNc3ccccc32)c1. The maximum Gasteiger partial charge on any atom is 0.0376 e. The monoisotopic (exact) mass is 280 g/mol. The van der Waals surface area contributed by atoms with Gasteiger partial charge in [-0.2, -0.15) is 0 Å². The Morgan fingerprint density at radius 1 is 1.14 bits per heavy atom. The molecule has 2 nitrogen and oxygen atoms in total. The molecule has 0 saturated heterocycles. The second kappa shape index (κ2) is 6.31. The van der Waals surface area contributed by atoms with Crippen molar-refractivity contribution in [3.63, 3.8) is 0 Å². The van der Waals surface area contributed by atoms with Crippen LogP contribution in [0, 0.1) is 6.92 Å². The van der Waals surface area contributed by atoms with Gasteiger partial charge in [0.1, 0.15) is 0 Å². The summed E-state index contributed by atoms with van der Waals surface area (Å²) in [6.07, 6.45) is 1.21. The quantitative estimate of drug-likeness (QED) is 0.889. The van der Waals surface area contributed by atoms with Crippen LogP contribution in [0.3, 0.4) is 0 Å². The molecule has 1 heterocycles. The molecule has 2 aromatic carbocycles. The van der Waals surface area contributed by atoms with Gasteiger partial charge >= 0.3 is 0 Å². The van der Waals surface area contributed by atoms with E-state index in [0.717, 1.165) is 19.6 Å². The molecule has 2 aromatic rings. The average molecular weight is 280 g/mol. The number of aryl methyl sites for hydroxylation is 1. The van der Waals surface area contributed by atoms with Crippen molar-refractivity contribution in [1.29, 1.82) is 0 Å². The number of anilines is 1. The summed E-state index contributed by atoms with van der Waals surface area (Å²) in [5.74, 6) is 0.654. The third kappa shape index (κ3) is 3.45. The first-order chi connectivity index (χ1) is 10.2. The predicted molar refractivity (Wildman–Crippen MR) is 89.8 cm³/mol. The van der Waals surface area contributed by atoms with E-state index in [1.165, 1.54) is 28.8 Å². The van der Waals surface area contributed by atoms with Crippen molar-refractivity contribution in [3.05, 3.63) is 65.2 Å². The molecule has 0 amide bonds. The highest BCUT2D eigenvalue weighted by atomic mass is 15.1. The molecule has 0 bridgehead atoms. The average Bonchev–Trinajstić information content (AvgIpc) is 2.88. The molecule has 1 N–H and O–H groups in total. The number of rotatable bonds is 5. The second-order valence-corrected chi connectivity index (χ2v) is 6.18. The molecular formula is C19H24N2. The van der Waals surface area contributed by atoms with Crippen molar-refractivity contribution in [1.82, 2.24) is 4.90 Å². The summed E-state index contributed by atoms with van der Waals surface area (Å²) >= 11 is 0. The van der Waals surface area contributed by atoms with Gasteiger partial charge in [0.15, 0.2) is 0 Å². The number of benzene rings is 2. The number of hydrogen-bond acceptors (Lipinski definition) is 2. The van der Waals surface area contributed by atoms with E-state index in [4.69, 9.17) is 0 Å². The minimum Gasteiger partial charge on any atom is -0.384 e. The van der Waals surface area contributed by atoms with Crippen molar-refractivity contribution in [2.24, 2.45) is 0 Å². The summed E-state index contributed by atoms with van der Waals surface area (Å²) in [5, 5.41) is 3.51. The third-order valence-electron chi connectivity index (χ3n) is 4.33. The Morgan fingerprint density at radius 2 is 2.00 bits per heavy atom. The van der Waals surface area contributed by atoms with Crippen molar-refractivity contribution < 1.29 is 0 Å². The maximum atomic E-state index is 3.51. The number of fused-ring (bicyclic) bond motifs is 1. The smallest absolute Gasteiger partial charge is 0.0376 e. The van der Waals surface area contributed by atoms with Crippen LogP contribution >= 0.6 is 0 Å². The number of hydrogen-bond donors (Lipinski definition) is 1. The van der Waals surface area contributed by atoms with E-state index in [-0.39, 0.29) is 0 Å². The van der Waals surface area contributed by atoms with Gasteiger partial charge in [-0.1, -0.05) is 48.0 Å². The van der Waals surface area contributed by atoms with Crippen LogP contribution in [0.25, 0.3) is 0 Å². The van der Waals surface area contributed by atoms with E-state index >= 15 is 0 Å². The van der Waals surface area contributed by atoms with Gasteiger partial charge in [-0.05, 0) is 44.1 Å². The van der Waals surface area contributed by atoms with E-state index in [2.05, 4.69) is 72.7 Å². The van der Waals surface area contributed by atoms with Crippen LogP contribution in [0.15, 0.2) is 48.5 Å². The Labute approximate surface area is 127 Å². The minimum atomic E-state index is 0.654. The normalized spacial score (nSPS) is 16.8. The molecule has 3 rings (SSSR count). The molecule has 2 heteroatoms. The number of nitrogens with one attached hydrogen (secondary N) is 1. The summed E-state index contributed by atoms with van der Waals surface area (Å²) in [6.45, 7) is 5.40. The Balaban J connectivity index is 1.54. The van der Waals surface area contributed by atoms with Gasteiger partial charge in [0.25, 0.3) is 0 Å². The first-order valence-corrected chi connectivity index (χ1v) is 7.79. The molecule has 1 atom stereocenters. The Hall–Kier alpha value is -1.80. The molecule has 0 radical (unpaired) electrons. The maximum absolute atomic E-state index is 3.51. The van der Waals surface area contributed by atoms with Gasteiger partial charge < -0.3 is 10.2 Å². The predicted octanol–water partition coefficient (Wildman–Crippen LogP) is 4.03. The lowest BCUT2D eigenvalue weighted by molar-refractivity contribution is 0.313. The van der Waals surface area contributed by atoms with E-state index in [0.29, 0.717) is 5.92 Å². The zero-order chi connectivity index (χ0) is 14.7. The summed E-state index contributed by atoms with van der Waals surface area (Å²) in [7, 11) is 2.22. The van der Waals surface area contributed by atoms with Crippen LogP contribution in [0.5, 0.6) is 0 Å². The molecule has 1 unspecified atom stereocenters. The third-order valence-corrected chi connectivity index (χ3v) is 4.33. The van der Waals surface area contributed by atoms with E-state index in [9.17, 15) is 0 Å². The number of para-hydroxylation sites is 1. The molecule has 110 valence electrons. The van der Waals surface area contributed by atoms with Crippen molar-refractivity contribution in [3.8, 4) is 0 Å². The summed E-state index contributed by atoms with van der Waals surface area (Å²) < 4.78 is 0. The van der Waals surface area contributed by atoms with E-state index in [1.54, 1.807) is 0 Å². The van der Waals surface area contributed by atoms with Crippen molar-refractivity contribution in [2.75, 3.05) is 25.5 Å². The van der Waals surface area contributed by atoms with Gasteiger partial charge in [-0.3, -0.25) is 0 Å². The highest BCUT2D eigenvalue weighted by molar-refractivity contribution is 5.57. The highest BCUT2D eigenvalue weighted by Gasteiger charge is 2.21. The van der Waals surface area contributed by atoms with Gasteiger partial charge in [0, 0.05) is 24.7 Å². The molecule has 0 aliphatic carbocycles. The first-order valence-electron chi connectivity index (χ1n) is 7.79. The largest absolute Gasteiger partial charge is 0.384 e. The first kappa shape index (κ1) is 14.2. The fourth-order valence-electron chi connectivity index (χ4n) is 3.19. The van der Waals surface area contributed by atoms with Crippen molar-refractivity contribution in [2.45, 2.75) is 25.8 Å². The lowest BCUT2D eigenvalue weighted by Crippen LogP contribution is -2.21. The van der Waals surface area contributed by atoms with Crippen molar-refractivity contribution >= 4 is 5.69 Å². The highest BCUT2D eigenvalue weighted by Crippen LogP contribution is 2.33. The molecule has 0 spiro atoms. The zero-order valence-electron chi connectivity index (χ0n) is 13.0. The van der Waals surface area contributed by atoms with Gasteiger partial charge in [-0.25, -0.2) is 0 Å². The molecule has 0 saturated carbocycles. The molecule has 1 aliphatic rings. The Morgan fingerprint density at radius 3 is 2.86 bits per heavy atom. The van der Waals surface area contributed by atoms with Crippen LogP contribution < -0.4 is 5.32 Å². The molecule has 21 heavy (non-hydrogen) atoms. The summed E-state index contributed by atoms with van der Waals surface area (Å²) in [5.41, 5.74) is 5.56. The molecule has 0 fully saturated rings. The van der Waals surface area contributed by atoms with E-state index in [1.807, 2.05) is 0 Å². The summed E-state index contributed by atoms with van der Waals surface area (Å²) in [6, 6.07) is 17.5. The standard InChI is InChI=1S/C19H24N2/c1-15-6-5-7-16(12-15)14-21(2)11-10-17-13-20-19-9-4-3-8-18(17)19/h3-9,12,17,20H,10-11,13-14H2,1-2H3. The second-order valence-electron chi connectivity index (χ2n) is 6.18. The van der Waals surface area contributed by atoms with Crippen LogP contribution in [-0.2, 0) is 6.54 Å². The van der Waals surface area contributed by atoms with Crippen LogP contribution in [-0.4, -0.2) is 25.0 Å². The van der Waals surface area contributed by atoms with Crippen LogP contribution in [0.4, 0.5) is 5.69 Å².